The van der Waals surface area contributed by atoms with Gasteiger partial charge in [-0.3, -0.25) is 0 Å². The zero-order chi connectivity index (χ0) is 13.8. The maximum atomic E-state index is 4.34. The summed E-state index contributed by atoms with van der Waals surface area (Å²) in [5.74, 6) is 1.60. The van der Waals surface area contributed by atoms with Crippen LogP contribution in [-0.2, 0) is 0 Å². The Balaban J connectivity index is 1.88. The Bertz CT molecular complexity index is 708. The molecule has 20 heavy (non-hydrogen) atoms. The Kier molecular flexibility index (Phi) is 3.42. The van der Waals surface area contributed by atoms with Crippen LogP contribution in [0, 0.1) is 6.92 Å². The van der Waals surface area contributed by atoms with E-state index in [0.717, 1.165) is 17.2 Å². The molecule has 0 saturated heterocycles. The lowest BCUT2D eigenvalue weighted by Gasteiger charge is -2.07. The molecule has 2 heterocycles. The molecule has 3 aromatic rings. The summed E-state index contributed by atoms with van der Waals surface area (Å²) in [6.07, 6.45) is 3.60. The molecule has 3 heteroatoms. The van der Waals surface area contributed by atoms with Crippen molar-refractivity contribution in [1.82, 2.24) is 9.97 Å². The fraction of sp³-hybridized carbons (Fsp3) is 0.0588. The molecule has 1 N–H and O–H groups in total. The van der Waals surface area contributed by atoms with Crippen molar-refractivity contribution in [2.45, 2.75) is 6.92 Å². The number of nitrogens with zero attached hydrogens (tertiary/aromatic N) is 2. The van der Waals surface area contributed by atoms with E-state index in [-0.39, 0.29) is 0 Å². The van der Waals surface area contributed by atoms with Crippen molar-refractivity contribution in [2.75, 3.05) is 5.32 Å². The van der Waals surface area contributed by atoms with Crippen LogP contribution in [0.4, 0.5) is 11.6 Å². The van der Waals surface area contributed by atoms with E-state index in [1.807, 2.05) is 49.4 Å². The smallest absolute Gasteiger partial charge is 0.132 e. The first-order valence-electron chi connectivity index (χ1n) is 6.52. The van der Waals surface area contributed by atoms with Crippen LogP contribution in [0.2, 0.25) is 0 Å². The van der Waals surface area contributed by atoms with Crippen LogP contribution in [0.3, 0.4) is 0 Å². The summed E-state index contributed by atoms with van der Waals surface area (Å²) in [5.41, 5.74) is 3.48. The van der Waals surface area contributed by atoms with E-state index in [1.54, 1.807) is 12.4 Å². The molecule has 0 atom stereocenters. The second-order valence-electron chi connectivity index (χ2n) is 4.64. The number of rotatable bonds is 3. The molecular weight excluding hydrogens is 246 g/mol. The number of aromatic nitrogens is 2. The number of hydrogen-bond acceptors (Lipinski definition) is 3. The molecule has 0 aliphatic heterocycles. The highest BCUT2D eigenvalue weighted by molar-refractivity contribution is 5.67. The minimum absolute atomic E-state index is 0.796. The number of anilines is 2. The first-order valence-corrected chi connectivity index (χ1v) is 6.52. The second-order valence-corrected chi connectivity index (χ2v) is 4.64. The van der Waals surface area contributed by atoms with Gasteiger partial charge in [-0.05, 0) is 47.9 Å². The molecule has 0 spiro atoms. The predicted octanol–water partition coefficient (Wildman–Crippen LogP) is 4.20. The van der Waals surface area contributed by atoms with Gasteiger partial charge in [-0.2, -0.15) is 0 Å². The number of hydrogen-bond donors (Lipinski definition) is 1. The minimum atomic E-state index is 0.796. The number of nitrogens with one attached hydrogen (secondary N) is 1. The van der Waals surface area contributed by atoms with Crippen LogP contribution in [0.1, 0.15) is 5.56 Å². The predicted molar refractivity (Wildman–Crippen MR) is 81.9 cm³/mol. The molecule has 0 bridgehead atoms. The lowest BCUT2D eigenvalue weighted by Crippen LogP contribution is -1.96. The molecule has 0 aliphatic carbocycles. The van der Waals surface area contributed by atoms with Gasteiger partial charge < -0.3 is 5.32 Å². The highest BCUT2D eigenvalue weighted by atomic mass is 15.0. The van der Waals surface area contributed by atoms with Crippen LogP contribution in [0.25, 0.3) is 11.1 Å². The van der Waals surface area contributed by atoms with Gasteiger partial charge in [-0.25, -0.2) is 9.97 Å². The fourth-order valence-corrected chi connectivity index (χ4v) is 2.04. The average molecular weight is 261 g/mol. The van der Waals surface area contributed by atoms with Gasteiger partial charge >= 0.3 is 0 Å². The van der Waals surface area contributed by atoms with Crippen LogP contribution in [0.15, 0.2) is 67.0 Å². The maximum Gasteiger partial charge on any atom is 0.132 e. The SMILES string of the molecule is Cc1ccnc(Nc2cc(-c3ccccc3)ccn2)c1. The standard InChI is InChI=1S/C17H15N3/c1-13-7-9-18-16(11-13)20-17-12-15(8-10-19-17)14-5-3-2-4-6-14/h2-12H,1H3,(H,18,19,20). The molecule has 0 amide bonds. The van der Waals surface area contributed by atoms with E-state index >= 15 is 0 Å². The number of benzene rings is 1. The molecule has 0 unspecified atom stereocenters. The molecule has 3 nitrogen and oxygen atoms in total. The molecule has 1 aromatic carbocycles. The summed E-state index contributed by atoms with van der Waals surface area (Å²) < 4.78 is 0. The Morgan fingerprint density at radius 3 is 2.20 bits per heavy atom. The van der Waals surface area contributed by atoms with E-state index in [0.29, 0.717) is 0 Å². The third-order valence-corrected chi connectivity index (χ3v) is 3.04. The summed E-state index contributed by atoms with van der Waals surface area (Å²) in [5, 5.41) is 3.23. The van der Waals surface area contributed by atoms with Crippen molar-refractivity contribution in [3.63, 3.8) is 0 Å². The van der Waals surface area contributed by atoms with Crippen LogP contribution >= 0.6 is 0 Å². The van der Waals surface area contributed by atoms with Crippen molar-refractivity contribution in [2.24, 2.45) is 0 Å². The summed E-state index contributed by atoms with van der Waals surface area (Å²) in [6.45, 7) is 2.04. The van der Waals surface area contributed by atoms with Gasteiger partial charge in [0.2, 0.25) is 0 Å². The van der Waals surface area contributed by atoms with Crippen LogP contribution in [0.5, 0.6) is 0 Å². The zero-order valence-corrected chi connectivity index (χ0v) is 11.2. The lowest BCUT2D eigenvalue weighted by atomic mass is 10.1. The van der Waals surface area contributed by atoms with E-state index in [9.17, 15) is 0 Å². The Labute approximate surface area is 118 Å². The van der Waals surface area contributed by atoms with Gasteiger partial charge in [-0.1, -0.05) is 30.3 Å². The molecule has 0 fully saturated rings. The molecular formula is C17H15N3. The van der Waals surface area contributed by atoms with Crippen molar-refractivity contribution >= 4 is 11.6 Å². The molecule has 98 valence electrons. The molecule has 2 aromatic heterocycles. The summed E-state index contributed by atoms with van der Waals surface area (Å²) in [7, 11) is 0. The van der Waals surface area contributed by atoms with Gasteiger partial charge in [0, 0.05) is 12.4 Å². The summed E-state index contributed by atoms with van der Waals surface area (Å²) in [6, 6.07) is 18.3. The Morgan fingerprint density at radius 1 is 0.750 bits per heavy atom. The molecule has 0 saturated carbocycles. The van der Waals surface area contributed by atoms with Crippen molar-refractivity contribution < 1.29 is 0 Å². The average Bonchev–Trinajstić information content (AvgIpc) is 2.48. The summed E-state index contributed by atoms with van der Waals surface area (Å²) in [4.78, 5) is 8.62. The topological polar surface area (TPSA) is 37.8 Å². The largest absolute Gasteiger partial charge is 0.325 e. The third kappa shape index (κ3) is 2.83. The highest BCUT2D eigenvalue weighted by Gasteiger charge is 2.01. The maximum absolute atomic E-state index is 4.34. The lowest BCUT2D eigenvalue weighted by molar-refractivity contribution is 1.23. The van der Waals surface area contributed by atoms with Gasteiger partial charge in [-0.15, -0.1) is 0 Å². The van der Waals surface area contributed by atoms with E-state index in [2.05, 4.69) is 27.4 Å². The minimum Gasteiger partial charge on any atom is -0.325 e. The van der Waals surface area contributed by atoms with Crippen molar-refractivity contribution in [1.29, 1.82) is 0 Å². The Morgan fingerprint density at radius 2 is 1.45 bits per heavy atom. The molecule has 3 rings (SSSR count). The quantitative estimate of drug-likeness (QED) is 0.768. The monoisotopic (exact) mass is 261 g/mol. The Hall–Kier alpha value is -2.68. The van der Waals surface area contributed by atoms with Gasteiger partial charge in [0.15, 0.2) is 0 Å². The van der Waals surface area contributed by atoms with E-state index in [1.165, 1.54) is 11.1 Å². The number of aryl methyl sites for hydroxylation is 1. The van der Waals surface area contributed by atoms with Gasteiger partial charge in [0.25, 0.3) is 0 Å². The first kappa shape index (κ1) is 12.4. The van der Waals surface area contributed by atoms with Crippen LogP contribution in [-0.4, -0.2) is 9.97 Å². The first-order chi connectivity index (χ1) is 9.81. The molecule has 0 radical (unpaired) electrons. The number of pyridine rings is 2. The van der Waals surface area contributed by atoms with E-state index in [4.69, 9.17) is 0 Å². The summed E-state index contributed by atoms with van der Waals surface area (Å²) >= 11 is 0. The zero-order valence-electron chi connectivity index (χ0n) is 11.2. The third-order valence-electron chi connectivity index (χ3n) is 3.04. The van der Waals surface area contributed by atoms with Gasteiger partial charge in [0.1, 0.15) is 11.6 Å². The van der Waals surface area contributed by atoms with Crippen molar-refractivity contribution in [3.8, 4) is 11.1 Å². The van der Waals surface area contributed by atoms with E-state index < -0.39 is 0 Å². The van der Waals surface area contributed by atoms with Crippen LogP contribution < -0.4 is 5.32 Å². The fourth-order valence-electron chi connectivity index (χ4n) is 2.04. The van der Waals surface area contributed by atoms with Crippen molar-refractivity contribution in [3.05, 3.63) is 72.6 Å². The second kappa shape index (κ2) is 5.53. The molecule has 0 aliphatic rings. The highest BCUT2D eigenvalue weighted by Crippen LogP contribution is 2.22. The normalized spacial score (nSPS) is 10.2. The van der Waals surface area contributed by atoms with Gasteiger partial charge in [0.05, 0.1) is 0 Å².